The number of benzene rings is 1. The molecule has 0 aliphatic heterocycles. The van der Waals surface area contributed by atoms with Gasteiger partial charge in [-0.3, -0.25) is 9.59 Å². The molecule has 0 atom stereocenters. The summed E-state index contributed by atoms with van der Waals surface area (Å²) in [6.45, 7) is 2.96. The minimum atomic E-state index is -1.22. The van der Waals surface area contributed by atoms with Crippen LogP contribution in [0.5, 0.6) is 0 Å². The molecule has 2 N–H and O–H groups in total. The number of carbonyl (C=O) groups is 2. The summed E-state index contributed by atoms with van der Waals surface area (Å²) in [5, 5.41) is 0. The molecule has 0 aliphatic carbocycles. The van der Waals surface area contributed by atoms with Gasteiger partial charge in [0.15, 0.2) is 11.6 Å². The number of carbonyl (C=O) groups excluding carboxylic acids is 2. The first-order valence-electron chi connectivity index (χ1n) is 5.38. The summed E-state index contributed by atoms with van der Waals surface area (Å²) in [4.78, 5) is 24.0. The van der Waals surface area contributed by atoms with Gasteiger partial charge in [0.05, 0.1) is 12.1 Å². The molecule has 0 aliphatic rings. The molecule has 0 fully saturated rings. The lowest BCUT2D eigenvalue weighted by atomic mass is 10.1. The van der Waals surface area contributed by atoms with Crippen molar-refractivity contribution in [3.63, 3.8) is 0 Å². The van der Waals surface area contributed by atoms with E-state index in [1.165, 1.54) is 6.07 Å². The molecule has 0 aromatic heterocycles. The average molecular weight is 256 g/mol. The van der Waals surface area contributed by atoms with Crippen molar-refractivity contribution in [1.29, 1.82) is 0 Å². The maximum absolute atomic E-state index is 13.5. The number of halogens is 2. The third-order valence-corrected chi connectivity index (χ3v) is 2.39. The maximum atomic E-state index is 13.5. The fourth-order valence-corrected chi connectivity index (χ4v) is 1.48. The summed E-state index contributed by atoms with van der Waals surface area (Å²) in [6.07, 6.45) is 0. The van der Waals surface area contributed by atoms with Crippen LogP contribution in [0.3, 0.4) is 0 Å². The Bertz CT molecular complexity index is 475. The summed E-state index contributed by atoms with van der Waals surface area (Å²) < 4.78 is 26.5. The zero-order valence-electron chi connectivity index (χ0n) is 10.1. The fourth-order valence-electron chi connectivity index (χ4n) is 1.48. The van der Waals surface area contributed by atoms with Crippen LogP contribution in [0.25, 0.3) is 0 Å². The molecule has 0 saturated carbocycles. The third kappa shape index (κ3) is 3.03. The highest BCUT2D eigenvalue weighted by atomic mass is 19.2. The fraction of sp³-hybridized carbons (Fsp3) is 0.333. The zero-order chi connectivity index (χ0) is 13.9. The van der Waals surface area contributed by atoms with Crippen molar-refractivity contribution in [1.82, 2.24) is 4.90 Å². The number of rotatable bonds is 4. The van der Waals surface area contributed by atoms with Crippen molar-refractivity contribution in [2.45, 2.75) is 19.9 Å². The molecular weight excluding hydrogens is 242 g/mol. The lowest BCUT2D eigenvalue weighted by Crippen LogP contribution is -2.43. The van der Waals surface area contributed by atoms with Gasteiger partial charge in [0.2, 0.25) is 5.91 Å². The van der Waals surface area contributed by atoms with E-state index in [2.05, 4.69) is 0 Å². The van der Waals surface area contributed by atoms with E-state index in [-0.39, 0.29) is 12.6 Å². The summed E-state index contributed by atoms with van der Waals surface area (Å²) in [5.41, 5.74) is 4.60. The topological polar surface area (TPSA) is 63.4 Å². The van der Waals surface area contributed by atoms with E-state index in [4.69, 9.17) is 5.73 Å². The number of amides is 2. The molecule has 0 unspecified atom stereocenters. The number of hydrogen-bond donors (Lipinski definition) is 1. The molecule has 1 aromatic carbocycles. The lowest BCUT2D eigenvalue weighted by molar-refractivity contribution is -0.119. The first kappa shape index (κ1) is 14.1. The molecule has 2 amide bonds. The highest BCUT2D eigenvalue weighted by Crippen LogP contribution is 2.15. The molecule has 6 heteroatoms. The van der Waals surface area contributed by atoms with Gasteiger partial charge in [-0.2, -0.15) is 0 Å². The van der Waals surface area contributed by atoms with Crippen LogP contribution in [0.4, 0.5) is 8.78 Å². The highest BCUT2D eigenvalue weighted by Gasteiger charge is 2.24. The number of primary amides is 1. The van der Waals surface area contributed by atoms with E-state index in [1.54, 1.807) is 13.8 Å². The van der Waals surface area contributed by atoms with Crippen molar-refractivity contribution in [3.05, 3.63) is 35.4 Å². The van der Waals surface area contributed by atoms with Crippen LogP contribution in [0, 0.1) is 11.6 Å². The smallest absolute Gasteiger partial charge is 0.257 e. The van der Waals surface area contributed by atoms with Crippen molar-refractivity contribution < 1.29 is 18.4 Å². The van der Waals surface area contributed by atoms with Crippen LogP contribution in [-0.4, -0.2) is 29.3 Å². The van der Waals surface area contributed by atoms with Crippen molar-refractivity contribution >= 4 is 11.8 Å². The van der Waals surface area contributed by atoms with Crippen LogP contribution in [0.1, 0.15) is 24.2 Å². The predicted octanol–water partition coefficient (Wildman–Crippen LogP) is 1.30. The van der Waals surface area contributed by atoms with Gasteiger partial charge in [0, 0.05) is 6.04 Å². The second-order valence-corrected chi connectivity index (χ2v) is 4.09. The number of nitrogens with two attached hydrogens (primary N) is 1. The molecule has 0 radical (unpaired) electrons. The Labute approximate surface area is 103 Å². The lowest BCUT2D eigenvalue weighted by Gasteiger charge is -2.25. The molecule has 98 valence electrons. The van der Waals surface area contributed by atoms with E-state index in [0.717, 1.165) is 17.0 Å². The normalized spacial score (nSPS) is 10.5. The molecule has 1 rings (SSSR count). The Morgan fingerprint density at radius 3 is 2.44 bits per heavy atom. The van der Waals surface area contributed by atoms with Crippen molar-refractivity contribution in [3.8, 4) is 0 Å². The van der Waals surface area contributed by atoms with Gasteiger partial charge in [-0.15, -0.1) is 0 Å². The Kier molecular flexibility index (Phi) is 4.36. The van der Waals surface area contributed by atoms with Gasteiger partial charge in [0.1, 0.15) is 0 Å². The first-order valence-corrected chi connectivity index (χ1v) is 5.38. The maximum Gasteiger partial charge on any atom is 0.257 e. The van der Waals surface area contributed by atoms with Crippen LogP contribution < -0.4 is 5.73 Å². The quantitative estimate of drug-likeness (QED) is 0.882. The van der Waals surface area contributed by atoms with Crippen LogP contribution in [0.15, 0.2) is 18.2 Å². The first-order chi connectivity index (χ1) is 8.34. The summed E-state index contributed by atoms with van der Waals surface area (Å²) in [5.74, 6) is -3.81. The molecule has 1 aromatic rings. The van der Waals surface area contributed by atoms with Gasteiger partial charge in [-0.05, 0) is 26.0 Å². The molecule has 0 spiro atoms. The third-order valence-electron chi connectivity index (χ3n) is 2.39. The van der Waals surface area contributed by atoms with Crippen LogP contribution in [-0.2, 0) is 4.79 Å². The molecule has 0 saturated heterocycles. The van der Waals surface area contributed by atoms with Crippen molar-refractivity contribution in [2.75, 3.05) is 6.54 Å². The largest absolute Gasteiger partial charge is 0.368 e. The Balaban J connectivity index is 3.10. The molecule has 0 bridgehead atoms. The number of hydrogen-bond acceptors (Lipinski definition) is 2. The van der Waals surface area contributed by atoms with E-state index in [0.29, 0.717) is 0 Å². The minimum absolute atomic E-state index is 0.341. The number of nitrogens with zero attached hydrogens (tertiary/aromatic N) is 1. The van der Waals surface area contributed by atoms with E-state index >= 15 is 0 Å². The van der Waals surface area contributed by atoms with Crippen molar-refractivity contribution in [2.24, 2.45) is 5.73 Å². The second-order valence-electron chi connectivity index (χ2n) is 4.09. The average Bonchev–Trinajstić information content (AvgIpc) is 2.28. The highest BCUT2D eigenvalue weighted by molar-refractivity contribution is 5.96. The van der Waals surface area contributed by atoms with E-state index in [1.807, 2.05) is 0 Å². The molecule has 4 nitrogen and oxygen atoms in total. The summed E-state index contributed by atoms with van der Waals surface area (Å²) in [7, 11) is 0. The Morgan fingerprint density at radius 2 is 1.94 bits per heavy atom. The monoisotopic (exact) mass is 256 g/mol. The van der Waals surface area contributed by atoms with Gasteiger partial charge in [0.25, 0.3) is 5.91 Å². The molecule has 0 heterocycles. The summed E-state index contributed by atoms with van der Waals surface area (Å²) >= 11 is 0. The van der Waals surface area contributed by atoms with Gasteiger partial charge in [-0.1, -0.05) is 6.07 Å². The van der Waals surface area contributed by atoms with E-state index < -0.39 is 29.0 Å². The Morgan fingerprint density at radius 1 is 1.33 bits per heavy atom. The minimum Gasteiger partial charge on any atom is -0.368 e. The Hall–Kier alpha value is -1.98. The summed E-state index contributed by atoms with van der Waals surface area (Å²) in [6, 6.07) is 2.96. The predicted molar refractivity (Wildman–Crippen MR) is 61.7 cm³/mol. The standard InChI is InChI=1S/C12H14F2N2O2/c1-7(2)16(6-10(15)17)12(18)8-4-3-5-9(13)11(8)14/h3-5,7H,6H2,1-2H3,(H2,15,17). The van der Waals surface area contributed by atoms with Crippen LogP contribution in [0.2, 0.25) is 0 Å². The zero-order valence-corrected chi connectivity index (χ0v) is 10.1. The van der Waals surface area contributed by atoms with Gasteiger partial charge in [-0.25, -0.2) is 8.78 Å². The van der Waals surface area contributed by atoms with Crippen LogP contribution >= 0.6 is 0 Å². The van der Waals surface area contributed by atoms with Gasteiger partial charge >= 0.3 is 0 Å². The van der Waals surface area contributed by atoms with Gasteiger partial charge < -0.3 is 10.6 Å². The second kappa shape index (κ2) is 5.57. The van der Waals surface area contributed by atoms with E-state index in [9.17, 15) is 18.4 Å². The SMILES string of the molecule is CC(C)N(CC(N)=O)C(=O)c1cccc(F)c1F. The molecular formula is C12H14F2N2O2. The molecule has 18 heavy (non-hydrogen) atoms.